The van der Waals surface area contributed by atoms with Crippen LogP contribution in [-0.2, 0) is 111 Å². The number of nitrogens with zero attached hydrogens (tertiary/aromatic N) is 16. The Kier molecular flexibility index (Phi) is 93.6. The van der Waals surface area contributed by atoms with Crippen LogP contribution in [0.15, 0.2) is 87.4 Å². The van der Waals surface area contributed by atoms with Gasteiger partial charge >= 0.3 is 0 Å². The Hall–Kier alpha value is -2.29. The van der Waals surface area contributed by atoms with Crippen molar-refractivity contribution in [1.82, 2.24) is 80.4 Å². The quantitative estimate of drug-likeness (QED) is 0.184. The minimum absolute atomic E-state index is 0. The summed E-state index contributed by atoms with van der Waals surface area (Å²) < 4.78 is 0. The Morgan fingerprint density at radius 1 is 0.315 bits per heavy atom. The van der Waals surface area contributed by atoms with Crippen LogP contribution in [0.1, 0.15) is 34.3 Å². The van der Waals surface area contributed by atoms with Crippen LogP contribution in [-0.4, -0.2) is 80.4 Å². The molecular weight excluding hydrogens is 914 g/mol. The van der Waals surface area contributed by atoms with Crippen molar-refractivity contribution in [2.24, 2.45) is 0 Å². The van der Waals surface area contributed by atoms with E-state index in [9.17, 15) is 0 Å². The summed E-state index contributed by atoms with van der Waals surface area (Å²) in [5.74, 6) is 1.47. The van der Waals surface area contributed by atoms with Crippen molar-refractivity contribution in [3.05, 3.63) is 166 Å². The first-order chi connectivity index (χ1) is 20.4. The molecule has 0 saturated carbocycles. The summed E-state index contributed by atoms with van der Waals surface area (Å²) in [6.45, 7) is 11.2. The van der Waals surface area contributed by atoms with E-state index in [0.717, 1.165) is 28.5 Å². The zero-order valence-corrected chi connectivity index (χ0v) is 41.3. The van der Waals surface area contributed by atoms with Gasteiger partial charge in [-0.15, -0.1) is 15.3 Å². The summed E-state index contributed by atoms with van der Waals surface area (Å²) in [6, 6.07) is 0. The van der Waals surface area contributed by atoms with Crippen LogP contribution in [0, 0.1) is 86.1 Å². The molecule has 0 unspecified atom stereocenters. The number of hydrogen-bond donors (Lipinski definition) is 0. The summed E-state index contributed by atoms with van der Waals surface area (Å²) in [4.78, 5) is 37.7. The van der Waals surface area contributed by atoms with E-state index < -0.39 is 0 Å². The fourth-order valence-corrected chi connectivity index (χ4v) is 1.97. The van der Waals surface area contributed by atoms with E-state index in [1.165, 1.54) is 31.6 Å². The molecule has 6 heterocycles. The fraction of sp³-hybridized carbons (Fsp3) is 0.188. The largest absolute Gasteiger partial charge is 0.358 e. The third kappa shape index (κ3) is 56.4. The van der Waals surface area contributed by atoms with Gasteiger partial charge in [-0.05, 0) is 47.1 Å². The SMILES string of the molecule is Cc1cnccn1.Cc1cncnc1.Cc1cncnn1.Cc1cnncn1.Cc1nccnn1.Cc1ncncn1.[CH3-].[CH3-].[CH3-].[CH3-].[CH3-].[CH3-].[V].[V].[V].[V].[V].[V]. The van der Waals surface area contributed by atoms with Crippen LogP contribution in [0.2, 0.25) is 0 Å². The van der Waals surface area contributed by atoms with E-state index in [-0.39, 0.29) is 156 Å². The maximum Gasteiger partial charge on any atom is 0.147 e. The number of aromatic nitrogens is 16. The summed E-state index contributed by atoms with van der Waals surface area (Å²) >= 11 is 0. The molecule has 0 aromatic carbocycles. The van der Waals surface area contributed by atoms with Gasteiger partial charge in [-0.1, -0.05) is 0 Å². The molecule has 0 aliphatic heterocycles. The molecule has 0 N–H and O–H groups in total. The van der Waals surface area contributed by atoms with Crippen molar-refractivity contribution >= 4 is 0 Å². The molecule has 6 rings (SSSR count). The van der Waals surface area contributed by atoms with Gasteiger partial charge in [0.05, 0.1) is 35.7 Å². The minimum Gasteiger partial charge on any atom is -0.358 e. The van der Waals surface area contributed by atoms with Crippen LogP contribution >= 0.6 is 0 Å². The van der Waals surface area contributed by atoms with Gasteiger partial charge in [0.1, 0.15) is 43.3 Å². The van der Waals surface area contributed by atoms with Crippen LogP contribution in [0.4, 0.5) is 0 Å². The van der Waals surface area contributed by atoms with Crippen molar-refractivity contribution < 1.29 is 111 Å². The summed E-state index contributed by atoms with van der Waals surface area (Å²) in [5, 5.41) is 21.4. The maximum absolute atomic E-state index is 3.92. The average Bonchev–Trinajstić information content (AvgIpc) is 3.01. The normalized spacial score (nSPS) is 6.78. The molecule has 0 aliphatic carbocycles. The van der Waals surface area contributed by atoms with Crippen LogP contribution in [0.3, 0.4) is 0 Å². The predicted octanol–water partition coefficient (Wildman–Crippen LogP) is 4.98. The first kappa shape index (κ1) is 84.3. The molecule has 6 aromatic heterocycles. The van der Waals surface area contributed by atoms with Crippen molar-refractivity contribution in [1.29, 1.82) is 0 Å². The first-order valence-electron chi connectivity index (χ1n) is 12.2. The first-order valence-corrected chi connectivity index (χ1v) is 12.2. The number of hydrogen-bond acceptors (Lipinski definition) is 16. The van der Waals surface area contributed by atoms with E-state index in [0.29, 0.717) is 5.82 Å². The standard InChI is InChI=1S/2C5H6N2.4C4H5N3.6CH3.6V/c1-5-2-6-4-7-3-5;1-5-4-6-2-3-7-5;1-4-6-2-5-3-7-4;1-4-2-6-7-3-5-4;1-4-2-5-3-6-7-4;1-4-5-2-3-6-7-4;;;;;;;;;;;;/h2*2-4H,1H3;4*2-3H,1H3;6*1H3;;;;;;/q;;;;;;6*-1;;;;;;. The molecular formula is C32H50N16V6-6. The molecule has 0 aliphatic rings. The third-order valence-electron chi connectivity index (χ3n) is 3.82. The molecule has 0 bridgehead atoms. The van der Waals surface area contributed by atoms with Gasteiger partial charge in [0.25, 0.3) is 0 Å². The Bertz CT molecular complexity index is 1140. The van der Waals surface area contributed by atoms with Crippen LogP contribution < -0.4 is 0 Å². The Labute approximate surface area is 396 Å². The van der Waals surface area contributed by atoms with Crippen LogP contribution in [0.5, 0.6) is 0 Å². The van der Waals surface area contributed by atoms with Crippen molar-refractivity contribution in [3.63, 3.8) is 0 Å². The van der Waals surface area contributed by atoms with Crippen molar-refractivity contribution in [2.75, 3.05) is 0 Å². The van der Waals surface area contributed by atoms with Gasteiger partial charge < -0.3 is 44.6 Å². The molecule has 16 nitrogen and oxygen atoms in total. The van der Waals surface area contributed by atoms with Gasteiger partial charge in [-0.25, -0.2) is 39.9 Å². The second-order valence-electron chi connectivity index (χ2n) is 7.63. The minimum atomic E-state index is 0. The topological polar surface area (TPSA) is 206 Å². The van der Waals surface area contributed by atoms with E-state index in [2.05, 4.69) is 80.4 Å². The summed E-state index contributed by atoms with van der Waals surface area (Å²) in [6.07, 6.45) is 22.3. The van der Waals surface area contributed by atoms with E-state index in [4.69, 9.17) is 0 Å². The molecule has 0 atom stereocenters. The Balaban J connectivity index is -0.0000000375. The van der Waals surface area contributed by atoms with Gasteiger partial charge in [0.15, 0.2) is 0 Å². The predicted molar refractivity (Wildman–Crippen MR) is 190 cm³/mol. The Morgan fingerprint density at radius 3 is 1.06 bits per heavy atom. The molecule has 22 heteroatoms. The molecule has 0 spiro atoms. The van der Waals surface area contributed by atoms with Crippen molar-refractivity contribution in [3.8, 4) is 0 Å². The van der Waals surface area contributed by atoms with E-state index >= 15 is 0 Å². The smallest absolute Gasteiger partial charge is 0.147 e. The summed E-state index contributed by atoms with van der Waals surface area (Å²) in [5.41, 5.74) is 3.81. The average molecular weight is 965 g/mol. The fourth-order valence-electron chi connectivity index (χ4n) is 1.97. The molecule has 54 heavy (non-hydrogen) atoms. The van der Waals surface area contributed by atoms with E-state index in [1.807, 2.05) is 34.6 Å². The molecule has 0 saturated heterocycles. The zero-order chi connectivity index (χ0) is 30.7. The zero-order valence-electron chi connectivity index (χ0n) is 32.9. The van der Waals surface area contributed by atoms with Gasteiger partial charge in [0.2, 0.25) is 0 Å². The Morgan fingerprint density at radius 2 is 0.833 bits per heavy atom. The molecule has 0 fully saturated rings. The van der Waals surface area contributed by atoms with Gasteiger partial charge in [-0.3, -0.25) is 9.97 Å². The van der Waals surface area contributed by atoms with Gasteiger partial charge in [0, 0.05) is 149 Å². The number of aryl methyl sites for hydroxylation is 6. The third-order valence-corrected chi connectivity index (χ3v) is 3.82. The molecule has 6 radical (unpaired) electrons. The summed E-state index contributed by atoms with van der Waals surface area (Å²) in [7, 11) is 0. The molecule has 0 amide bonds. The van der Waals surface area contributed by atoms with Crippen molar-refractivity contribution in [2.45, 2.75) is 41.5 Å². The molecule has 294 valence electrons. The second kappa shape index (κ2) is 60.0. The van der Waals surface area contributed by atoms with Gasteiger partial charge in [-0.2, -0.15) is 15.3 Å². The number of rotatable bonds is 0. The van der Waals surface area contributed by atoms with E-state index in [1.54, 1.807) is 62.7 Å². The maximum atomic E-state index is 3.92. The monoisotopic (exact) mass is 964 g/mol. The van der Waals surface area contributed by atoms with Crippen LogP contribution in [0.25, 0.3) is 0 Å². The second-order valence-corrected chi connectivity index (χ2v) is 7.63. The molecule has 6 aromatic rings.